The molecule has 1 aliphatic rings. The zero-order chi connectivity index (χ0) is 16.8. The number of hydrogen-bond donors (Lipinski definition) is 1. The summed E-state index contributed by atoms with van der Waals surface area (Å²) in [6, 6.07) is 6.20. The lowest BCUT2D eigenvalue weighted by atomic mass is 9.79. The molecular weight excluding hydrogens is 287 g/mol. The number of fused-ring (bicyclic) bond motifs is 1. The Morgan fingerprint density at radius 2 is 1.78 bits per heavy atom. The van der Waals surface area contributed by atoms with Crippen LogP contribution in [0.15, 0.2) is 18.2 Å². The van der Waals surface area contributed by atoms with Crippen molar-refractivity contribution in [3.05, 3.63) is 24.0 Å². The van der Waals surface area contributed by atoms with E-state index in [0.29, 0.717) is 5.92 Å². The molecule has 2 aromatic rings. The van der Waals surface area contributed by atoms with Gasteiger partial charge in [0.25, 0.3) is 0 Å². The highest BCUT2D eigenvalue weighted by Crippen LogP contribution is 2.36. The van der Waals surface area contributed by atoms with Crippen LogP contribution in [0.1, 0.15) is 53.8 Å². The van der Waals surface area contributed by atoms with Crippen molar-refractivity contribution < 1.29 is 9.31 Å². The summed E-state index contributed by atoms with van der Waals surface area (Å²) in [5.41, 5.74) is 2.46. The van der Waals surface area contributed by atoms with Crippen molar-refractivity contribution >= 4 is 23.6 Å². The minimum Gasteiger partial charge on any atom is -0.399 e. The number of imidazole rings is 1. The predicted octanol–water partition coefficient (Wildman–Crippen LogP) is 3.45. The van der Waals surface area contributed by atoms with Crippen molar-refractivity contribution in [1.29, 1.82) is 0 Å². The summed E-state index contributed by atoms with van der Waals surface area (Å²) >= 11 is 0. The Morgan fingerprint density at radius 1 is 1.13 bits per heavy atom. The van der Waals surface area contributed by atoms with Gasteiger partial charge >= 0.3 is 7.12 Å². The quantitative estimate of drug-likeness (QED) is 0.879. The maximum atomic E-state index is 6.13. The van der Waals surface area contributed by atoms with E-state index in [4.69, 9.17) is 9.31 Å². The summed E-state index contributed by atoms with van der Waals surface area (Å²) < 4.78 is 12.3. The number of nitrogens with one attached hydrogen (secondary N) is 1. The van der Waals surface area contributed by atoms with Crippen molar-refractivity contribution in [2.45, 2.75) is 65.6 Å². The average Bonchev–Trinajstić information content (AvgIpc) is 2.94. The molecule has 4 nitrogen and oxygen atoms in total. The van der Waals surface area contributed by atoms with Crippen LogP contribution in [0.4, 0.5) is 0 Å². The van der Waals surface area contributed by atoms with E-state index in [1.165, 1.54) is 0 Å². The van der Waals surface area contributed by atoms with Gasteiger partial charge in [-0.1, -0.05) is 19.9 Å². The van der Waals surface area contributed by atoms with Gasteiger partial charge in [-0.25, -0.2) is 4.98 Å². The van der Waals surface area contributed by atoms with Crippen molar-refractivity contribution in [3.63, 3.8) is 0 Å². The average molecular weight is 314 g/mol. The van der Waals surface area contributed by atoms with Crippen LogP contribution in [-0.4, -0.2) is 28.3 Å². The molecule has 0 saturated carbocycles. The molecule has 5 heteroatoms. The molecule has 0 unspecified atom stereocenters. The lowest BCUT2D eigenvalue weighted by molar-refractivity contribution is 0.00578. The van der Waals surface area contributed by atoms with E-state index < -0.39 is 0 Å². The fourth-order valence-electron chi connectivity index (χ4n) is 2.75. The first kappa shape index (κ1) is 16.5. The Hall–Kier alpha value is -1.33. The van der Waals surface area contributed by atoms with Gasteiger partial charge in [0.2, 0.25) is 0 Å². The molecule has 3 rings (SSSR count). The topological polar surface area (TPSA) is 47.1 Å². The molecule has 1 aromatic carbocycles. The second-order valence-electron chi connectivity index (χ2n) is 7.98. The first-order valence-electron chi connectivity index (χ1n) is 8.52. The van der Waals surface area contributed by atoms with Crippen LogP contribution in [0.3, 0.4) is 0 Å². The van der Waals surface area contributed by atoms with Gasteiger partial charge in [0, 0.05) is 6.42 Å². The normalized spacial score (nSPS) is 19.9. The minimum absolute atomic E-state index is 0.316. The zero-order valence-corrected chi connectivity index (χ0v) is 15.1. The smallest absolute Gasteiger partial charge is 0.399 e. The van der Waals surface area contributed by atoms with Gasteiger partial charge in [0.15, 0.2) is 0 Å². The molecule has 0 amide bonds. The molecule has 1 aromatic heterocycles. The molecule has 1 N–H and O–H groups in total. The van der Waals surface area contributed by atoms with E-state index >= 15 is 0 Å². The number of aromatic amines is 1. The van der Waals surface area contributed by atoms with E-state index in [-0.39, 0.29) is 18.3 Å². The SMILES string of the molecule is CC(C)CCc1nc2ccc(B3OC(C)(C)C(C)(C)O3)cc2[nH]1. The number of aryl methyl sites for hydroxylation is 1. The molecule has 1 saturated heterocycles. The van der Waals surface area contributed by atoms with E-state index in [1.807, 2.05) is 6.07 Å². The summed E-state index contributed by atoms with van der Waals surface area (Å²) in [7, 11) is -0.327. The minimum atomic E-state index is -0.327. The maximum Gasteiger partial charge on any atom is 0.494 e. The number of benzene rings is 1. The first-order valence-corrected chi connectivity index (χ1v) is 8.52. The lowest BCUT2D eigenvalue weighted by Gasteiger charge is -2.32. The number of aromatic nitrogens is 2. The molecule has 0 bridgehead atoms. The number of H-pyrrole nitrogens is 1. The second kappa shape index (κ2) is 5.64. The zero-order valence-electron chi connectivity index (χ0n) is 15.1. The molecule has 23 heavy (non-hydrogen) atoms. The van der Waals surface area contributed by atoms with Gasteiger partial charge in [-0.2, -0.15) is 0 Å². The van der Waals surface area contributed by atoms with Crippen LogP contribution in [0.5, 0.6) is 0 Å². The van der Waals surface area contributed by atoms with Gasteiger partial charge in [-0.3, -0.25) is 0 Å². The maximum absolute atomic E-state index is 6.13. The fourth-order valence-corrected chi connectivity index (χ4v) is 2.75. The largest absolute Gasteiger partial charge is 0.494 e. The van der Waals surface area contributed by atoms with Crippen molar-refractivity contribution in [2.75, 3.05) is 0 Å². The number of nitrogens with zero attached hydrogens (tertiary/aromatic N) is 1. The summed E-state index contributed by atoms with van der Waals surface area (Å²) in [5, 5.41) is 0. The summed E-state index contributed by atoms with van der Waals surface area (Å²) in [5.74, 6) is 1.74. The van der Waals surface area contributed by atoms with E-state index in [2.05, 4.69) is 63.6 Å². The van der Waals surface area contributed by atoms with Gasteiger partial charge < -0.3 is 14.3 Å². The third-order valence-corrected chi connectivity index (χ3v) is 5.04. The second-order valence-corrected chi connectivity index (χ2v) is 7.98. The Kier molecular flexibility index (Phi) is 4.05. The Balaban J connectivity index is 1.83. The Morgan fingerprint density at radius 3 is 2.39 bits per heavy atom. The highest BCUT2D eigenvalue weighted by atomic mass is 16.7. The number of rotatable bonds is 4. The molecule has 0 radical (unpaired) electrons. The molecule has 0 spiro atoms. The molecule has 2 heterocycles. The molecule has 0 atom stereocenters. The third kappa shape index (κ3) is 3.17. The predicted molar refractivity (Wildman–Crippen MR) is 95.0 cm³/mol. The van der Waals surface area contributed by atoms with Crippen LogP contribution in [0, 0.1) is 5.92 Å². The van der Waals surface area contributed by atoms with Crippen molar-refractivity contribution in [2.24, 2.45) is 5.92 Å². The first-order chi connectivity index (χ1) is 10.7. The highest BCUT2D eigenvalue weighted by molar-refractivity contribution is 6.62. The summed E-state index contributed by atoms with van der Waals surface area (Å²) in [6.45, 7) is 12.8. The Bertz CT molecular complexity index is 690. The van der Waals surface area contributed by atoms with Crippen LogP contribution in [0.25, 0.3) is 11.0 Å². The standard InChI is InChI=1S/C18H27BN2O2/c1-12(2)7-10-16-20-14-9-8-13(11-15(14)21-16)19-22-17(3,4)18(5,6)23-19/h8-9,11-12H,7,10H2,1-6H3,(H,20,21). The lowest BCUT2D eigenvalue weighted by Crippen LogP contribution is -2.41. The van der Waals surface area contributed by atoms with Gasteiger partial charge in [-0.15, -0.1) is 0 Å². The van der Waals surface area contributed by atoms with Gasteiger partial charge in [-0.05, 0) is 57.6 Å². The molecule has 124 valence electrons. The molecular formula is C18H27BN2O2. The monoisotopic (exact) mass is 314 g/mol. The van der Waals surface area contributed by atoms with Gasteiger partial charge in [0.1, 0.15) is 5.82 Å². The highest BCUT2D eigenvalue weighted by Gasteiger charge is 2.51. The number of hydrogen-bond acceptors (Lipinski definition) is 3. The molecule has 1 aliphatic heterocycles. The van der Waals surface area contributed by atoms with E-state index in [9.17, 15) is 0 Å². The third-order valence-electron chi connectivity index (χ3n) is 5.04. The van der Waals surface area contributed by atoms with Crippen LogP contribution in [0.2, 0.25) is 0 Å². The fraction of sp³-hybridized carbons (Fsp3) is 0.611. The van der Waals surface area contributed by atoms with Crippen LogP contribution in [-0.2, 0) is 15.7 Å². The van der Waals surface area contributed by atoms with E-state index in [0.717, 1.165) is 35.2 Å². The van der Waals surface area contributed by atoms with E-state index in [1.54, 1.807) is 0 Å². The van der Waals surface area contributed by atoms with Crippen molar-refractivity contribution in [3.8, 4) is 0 Å². The Labute approximate surface area is 139 Å². The molecule has 1 fully saturated rings. The molecule has 0 aliphatic carbocycles. The summed E-state index contributed by atoms with van der Waals surface area (Å²) in [4.78, 5) is 8.11. The van der Waals surface area contributed by atoms with Crippen LogP contribution >= 0.6 is 0 Å². The van der Waals surface area contributed by atoms with Crippen molar-refractivity contribution in [1.82, 2.24) is 9.97 Å². The van der Waals surface area contributed by atoms with Crippen LogP contribution < -0.4 is 5.46 Å². The summed E-state index contributed by atoms with van der Waals surface area (Å²) in [6.07, 6.45) is 2.13. The van der Waals surface area contributed by atoms with Gasteiger partial charge in [0.05, 0.1) is 22.2 Å².